The van der Waals surface area contributed by atoms with E-state index < -0.39 is 0 Å². The van der Waals surface area contributed by atoms with Gasteiger partial charge in [-0.2, -0.15) is 0 Å². The van der Waals surface area contributed by atoms with Crippen LogP contribution >= 0.6 is 11.3 Å². The van der Waals surface area contributed by atoms with Crippen molar-refractivity contribution < 1.29 is 0 Å². The second-order valence-corrected chi connectivity index (χ2v) is 5.24. The van der Waals surface area contributed by atoms with Crippen molar-refractivity contribution in [2.75, 3.05) is 5.32 Å². The molecule has 0 atom stereocenters. The summed E-state index contributed by atoms with van der Waals surface area (Å²) in [5.41, 5.74) is 3.44. The predicted molar refractivity (Wildman–Crippen MR) is 81.6 cm³/mol. The zero-order valence-corrected chi connectivity index (χ0v) is 11.9. The number of aryl methyl sites for hydroxylation is 1. The van der Waals surface area contributed by atoms with Crippen LogP contribution in [0.25, 0.3) is 10.6 Å². The standard InChI is InChI=1S/C15H14N4S/c1-11-5-2-3-6-13(11)14-19-12(10-20-14)9-18-15-16-7-4-8-17-15/h2-8,10H,9H2,1H3,(H,16,17,18). The topological polar surface area (TPSA) is 50.7 Å². The summed E-state index contributed by atoms with van der Waals surface area (Å²) in [4.78, 5) is 12.9. The first kappa shape index (κ1) is 12.7. The number of benzene rings is 1. The summed E-state index contributed by atoms with van der Waals surface area (Å²) in [5.74, 6) is 0.623. The Kier molecular flexibility index (Phi) is 3.69. The zero-order valence-electron chi connectivity index (χ0n) is 11.1. The highest BCUT2D eigenvalue weighted by molar-refractivity contribution is 7.13. The van der Waals surface area contributed by atoms with Crippen LogP contribution in [0.15, 0.2) is 48.1 Å². The highest BCUT2D eigenvalue weighted by atomic mass is 32.1. The Morgan fingerprint density at radius 3 is 2.70 bits per heavy atom. The third-order valence-electron chi connectivity index (χ3n) is 2.92. The fraction of sp³-hybridized carbons (Fsp3) is 0.133. The van der Waals surface area contributed by atoms with Crippen LogP contribution in [0.5, 0.6) is 0 Å². The Morgan fingerprint density at radius 1 is 1.10 bits per heavy atom. The fourth-order valence-corrected chi connectivity index (χ4v) is 2.79. The summed E-state index contributed by atoms with van der Waals surface area (Å²) >= 11 is 1.66. The highest BCUT2D eigenvalue weighted by Gasteiger charge is 2.07. The van der Waals surface area contributed by atoms with Crippen LogP contribution in [-0.2, 0) is 6.54 Å². The quantitative estimate of drug-likeness (QED) is 0.795. The lowest BCUT2D eigenvalue weighted by atomic mass is 10.1. The largest absolute Gasteiger partial charge is 0.349 e. The summed E-state index contributed by atoms with van der Waals surface area (Å²) in [6.45, 7) is 2.73. The molecule has 0 fully saturated rings. The van der Waals surface area contributed by atoms with Gasteiger partial charge in [0, 0.05) is 23.3 Å². The van der Waals surface area contributed by atoms with E-state index in [2.05, 4.69) is 44.7 Å². The van der Waals surface area contributed by atoms with Gasteiger partial charge in [-0.3, -0.25) is 0 Å². The molecular formula is C15H14N4S. The van der Waals surface area contributed by atoms with Crippen molar-refractivity contribution in [2.24, 2.45) is 0 Å². The molecule has 2 aromatic heterocycles. The Balaban J connectivity index is 1.73. The van der Waals surface area contributed by atoms with E-state index in [-0.39, 0.29) is 0 Å². The first-order valence-electron chi connectivity index (χ1n) is 6.34. The number of aromatic nitrogens is 3. The first-order chi connectivity index (χ1) is 9.83. The number of hydrogen-bond acceptors (Lipinski definition) is 5. The fourth-order valence-electron chi connectivity index (χ4n) is 1.88. The summed E-state index contributed by atoms with van der Waals surface area (Å²) in [6, 6.07) is 10.1. The molecule has 1 aromatic carbocycles. The molecule has 0 unspecified atom stereocenters. The van der Waals surface area contributed by atoms with Gasteiger partial charge >= 0.3 is 0 Å². The molecule has 0 radical (unpaired) electrons. The van der Waals surface area contributed by atoms with Gasteiger partial charge in [-0.25, -0.2) is 15.0 Å². The van der Waals surface area contributed by atoms with Gasteiger partial charge in [0.15, 0.2) is 0 Å². The molecule has 0 saturated heterocycles. The molecule has 0 aliphatic carbocycles. The summed E-state index contributed by atoms with van der Waals surface area (Å²) in [5, 5.41) is 6.28. The Morgan fingerprint density at radius 2 is 1.90 bits per heavy atom. The van der Waals surface area contributed by atoms with Crippen LogP contribution < -0.4 is 5.32 Å². The van der Waals surface area contributed by atoms with Crippen molar-refractivity contribution in [1.29, 1.82) is 0 Å². The zero-order chi connectivity index (χ0) is 13.8. The molecule has 4 nitrogen and oxygen atoms in total. The van der Waals surface area contributed by atoms with Gasteiger partial charge in [-0.15, -0.1) is 11.3 Å². The maximum atomic E-state index is 4.66. The second-order valence-electron chi connectivity index (χ2n) is 4.38. The minimum absolute atomic E-state index is 0.623. The number of thiazole rings is 1. The second kappa shape index (κ2) is 5.79. The van der Waals surface area contributed by atoms with Gasteiger partial charge in [0.05, 0.1) is 12.2 Å². The Labute approximate surface area is 121 Å². The molecule has 3 rings (SSSR count). The van der Waals surface area contributed by atoms with Crippen LogP contribution in [0.2, 0.25) is 0 Å². The van der Waals surface area contributed by atoms with E-state index in [4.69, 9.17) is 0 Å². The summed E-state index contributed by atoms with van der Waals surface area (Å²) < 4.78 is 0. The van der Waals surface area contributed by atoms with Gasteiger partial charge < -0.3 is 5.32 Å². The van der Waals surface area contributed by atoms with E-state index in [0.29, 0.717) is 12.5 Å². The molecule has 0 bridgehead atoms. The number of nitrogens with zero attached hydrogens (tertiary/aromatic N) is 3. The molecule has 0 aliphatic heterocycles. The Hall–Kier alpha value is -2.27. The van der Waals surface area contributed by atoms with Crippen LogP contribution in [0.4, 0.5) is 5.95 Å². The van der Waals surface area contributed by atoms with Gasteiger partial charge in [0.25, 0.3) is 0 Å². The number of rotatable bonds is 4. The minimum atomic E-state index is 0.623. The van der Waals surface area contributed by atoms with Crippen LogP contribution in [0.3, 0.4) is 0 Å². The molecule has 0 aliphatic rings. The molecule has 2 heterocycles. The summed E-state index contributed by atoms with van der Waals surface area (Å²) in [7, 11) is 0. The van der Waals surface area contributed by atoms with E-state index in [9.17, 15) is 0 Å². The lowest BCUT2D eigenvalue weighted by molar-refractivity contribution is 1.02. The highest BCUT2D eigenvalue weighted by Crippen LogP contribution is 2.26. The molecule has 0 amide bonds. The average Bonchev–Trinajstić information content (AvgIpc) is 2.95. The average molecular weight is 282 g/mol. The molecule has 0 spiro atoms. The van der Waals surface area contributed by atoms with E-state index in [1.807, 2.05) is 12.1 Å². The van der Waals surface area contributed by atoms with E-state index in [0.717, 1.165) is 10.7 Å². The number of anilines is 1. The SMILES string of the molecule is Cc1ccccc1-c1nc(CNc2ncccn2)cs1. The normalized spacial score (nSPS) is 10.4. The van der Waals surface area contributed by atoms with Crippen LogP contribution in [0.1, 0.15) is 11.3 Å². The lowest BCUT2D eigenvalue weighted by Crippen LogP contribution is -2.03. The number of hydrogen-bond donors (Lipinski definition) is 1. The number of nitrogens with one attached hydrogen (secondary N) is 1. The van der Waals surface area contributed by atoms with Crippen LogP contribution in [0, 0.1) is 6.92 Å². The lowest BCUT2D eigenvalue weighted by Gasteiger charge is -2.02. The van der Waals surface area contributed by atoms with Crippen molar-refractivity contribution in [1.82, 2.24) is 15.0 Å². The van der Waals surface area contributed by atoms with Gasteiger partial charge in [0.2, 0.25) is 5.95 Å². The van der Waals surface area contributed by atoms with Crippen molar-refractivity contribution in [3.63, 3.8) is 0 Å². The van der Waals surface area contributed by atoms with Crippen molar-refractivity contribution >= 4 is 17.3 Å². The van der Waals surface area contributed by atoms with Crippen molar-refractivity contribution in [3.05, 3.63) is 59.4 Å². The smallest absolute Gasteiger partial charge is 0.222 e. The van der Waals surface area contributed by atoms with Crippen molar-refractivity contribution in [3.8, 4) is 10.6 Å². The third-order valence-corrected chi connectivity index (χ3v) is 3.85. The van der Waals surface area contributed by atoms with E-state index in [1.54, 1.807) is 29.8 Å². The maximum Gasteiger partial charge on any atom is 0.222 e. The molecule has 100 valence electrons. The van der Waals surface area contributed by atoms with E-state index >= 15 is 0 Å². The molecule has 0 saturated carbocycles. The van der Waals surface area contributed by atoms with Crippen molar-refractivity contribution in [2.45, 2.75) is 13.5 Å². The molecule has 20 heavy (non-hydrogen) atoms. The minimum Gasteiger partial charge on any atom is -0.349 e. The summed E-state index contributed by atoms with van der Waals surface area (Å²) in [6.07, 6.45) is 3.43. The molecular weight excluding hydrogens is 268 g/mol. The molecule has 5 heteroatoms. The van der Waals surface area contributed by atoms with Crippen LogP contribution in [-0.4, -0.2) is 15.0 Å². The molecule has 1 N–H and O–H groups in total. The monoisotopic (exact) mass is 282 g/mol. The Bertz CT molecular complexity index is 694. The van der Waals surface area contributed by atoms with Gasteiger partial charge in [-0.05, 0) is 18.6 Å². The predicted octanol–water partition coefficient (Wildman–Crippen LogP) is 3.52. The molecule has 3 aromatic rings. The van der Waals surface area contributed by atoms with Gasteiger partial charge in [0.1, 0.15) is 5.01 Å². The van der Waals surface area contributed by atoms with Gasteiger partial charge in [-0.1, -0.05) is 24.3 Å². The third kappa shape index (κ3) is 2.83. The van der Waals surface area contributed by atoms with E-state index in [1.165, 1.54) is 11.1 Å². The maximum absolute atomic E-state index is 4.66. The first-order valence-corrected chi connectivity index (χ1v) is 7.22.